The molecule has 0 bridgehead atoms. The lowest BCUT2D eigenvalue weighted by Crippen LogP contribution is -2.42. The first-order valence-electron chi connectivity index (χ1n) is 6.41. The molecule has 1 aliphatic heterocycles. The standard InChI is InChI=1S/C12H18N4O3/c1-4-7(2)16-11(17)5-9(12(16)18)13-6-10-14-8(3)15-19-10/h7,9,13H,4-6H2,1-3H3. The summed E-state index contributed by atoms with van der Waals surface area (Å²) in [5.41, 5.74) is 0. The number of aromatic nitrogens is 2. The van der Waals surface area contributed by atoms with Gasteiger partial charge in [-0.3, -0.25) is 19.8 Å². The Hall–Kier alpha value is -1.76. The van der Waals surface area contributed by atoms with Gasteiger partial charge in [0.05, 0.1) is 19.0 Å². The molecule has 0 saturated carbocycles. The third-order valence-corrected chi connectivity index (χ3v) is 3.28. The van der Waals surface area contributed by atoms with Crippen LogP contribution in [-0.4, -0.2) is 38.9 Å². The van der Waals surface area contributed by atoms with Gasteiger partial charge in [-0.1, -0.05) is 12.1 Å². The van der Waals surface area contributed by atoms with E-state index in [0.29, 0.717) is 18.3 Å². The van der Waals surface area contributed by atoms with Crippen LogP contribution in [0.25, 0.3) is 0 Å². The molecule has 19 heavy (non-hydrogen) atoms. The molecule has 7 nitrogen and oxygen atoms in total. The van der Waals surface area contributed by atoms with Crippen LogP contribution < -0.4 is 5.32 Å². The molecule has 1 fully saturated rings. The lowest BCUT2D eigenvalue weighted by Gasteiger charge is -2.21. The average molecular weight is 266 g/mol. The van der Waals surface area contributed by atoms with Crippen molar-refractivity contribution in [2.45, 2.75) is 52.2 Å². The van der Waals surface area contributed by atoms with E-state index in [1.807, 2.05) is 13.8 Å². The number of likely N-dealkylation sites (tertiary alicyclic amines) is 1. The van der Waals surface area contributed by atoms with Crippen LogP contribution in [0, 0.1) is 6.92 Å². The first-order valence-corrected chi connectivity index (χ1v) is 6.41. The quantitative estimate of drug-likeness (QED) is 0.776. The Morgan fingerprint density at radius 3 is 2.84 bits per heavy atom. The molecule has 0 spiro atoms. The summed E-state index contributed by atoms with van der Waals surface area (Å²) in [5, 5.41) is 6.66. The topological polar surface area (TPSA) is 88.3 Å². The van der Waals surface area contributed by atoms with Crippen LogP contribution in [0.4, 0.5) is 0 Å². The summed E-state index contributed by atoms with van der Waals surface area (Å²) in [5.74, 6) is 0.667. The van der Waals surface area contributed by atoms with Crippen molar-refractivity contribution in [1.82, 2.24) is 20.4 Å². The molecular weight excluding hydrogens is 248 g/mol. The summed E-state index contributed by atoms with van der Waals surface area (Å²) >= 11 is 0. The van der Waals surface area contributed by atoms with Gasteiger partial charge in [0.1, 0.15) is 0 Å². The summed E-state index contributed by atoms with van der Waals surface area (Å²) in [6.07, 6.45) is 0.948. The highest BCUT2D eigenvalue weighted by Gasteiger charge is 2.40. The number of aryl methyl sites for hydroxylation is 1. The highest BCUT2D eigenvalue weighted by Crippen LogP contribution is 2.18. The Bertz CT molecular complexity index is 485. The second-order valence-corrected chi connectivity index (χ2v) is 4.73. The number of nitrogens with zero attached hydrogens (tertiary/aromatic N) is 3. The van der Waals surface area contributed by atoms with Crippen molar-refractivity contribution in [3.63, 3.8) is 0 Å². The first-order chi connectivity index (χ1) is 9.02. The fraction of sp³-hybridized carbons (Fsp3) is 0.667. The summed E-state index contributed by atoms with van der Waals surface area (Å²) in [4.78, 5) is 29.3. The molecule has 1 aromatic rings. The molecule has 0 aromatic carbocycles. The van der Waals surface area contributed by atoms with Gasteiger partial charge in [0.2, 0.25) is 17.7 Å². The Kier molecular flexibility index (Phi) is 3.94. The normalized spacial score (nSPS) is 21.2. The minimum atomic E-state index is -0.492. The van der Waals surface area contributed by atoms with Gasteiger partial charge in [-0.2, -0.15) is 4.98 Å². The molecule has 2 atom stereocenters. The molecule has 0 radical (unpaired) electrons. The predicted octanol–water partition coefficient (Wildman–Crippen LogP) is 0.394. The molecule has 2 unspecified atom stereocenters. The third kappa shape index (κ3) is 2.81. The molecular formula is C12H18N4O3. The van der Waals surface area contributed by atoms with Crippen molar-refractivity contribution >= 4 is 11.8 Å². The van der Waals surface area contributed by atoms with E-state index >= 15 is 0 Å². The largest absolute Gasteiger partial charge is 0.338 e. The fourth-order valence-electron chi connectivity index (χ4n) is 2.08. The van der Waals surface area contributed by atoms with E-state index in [-0.39, 0.29) is 24.3 Å². The van der Waals surface area contributed by atoms with E-state index in [2.05, 4.69) is 15.5 Å². The minimum absolute atomic E-state index is 0.0579. The maximum absolute atomic E-state index is 12.1. The lowest BCUT2D eigenvalue weighted by molar-refractivity contribution is -0.141. The van der Waals surface area contributed by atoms with Gasteiger partial charge < -0.3 is 4.52 Å². The molecule has 1 aliphatic rings. The van der Waals surface area contributed by atoms with E-state index in [4.69, 9.17) is 4.52 Å². The van der Waals surface area contributed by atoms with Crippen LogP contribution >= 0.6 is 0 Å². The summed E-state index contributed by atoms with van der Waals surface area (Å²) < 4.78 is 4.95. The Morgan fingerprint density at radius 1 is 1.53 bits per heavy atom. The Labute approximate surface area is 111 Å². The van der Waals surface area contributed by atoms with E-state index in [1.165, 1.54) is 4.90 Å². The van der Waals surface area contributed by atoms with E-state index < -0.39 is 6.04 Å². The number of imide groups is 1. The number of rotatable bonds is 5. The first kappa shape index (κ1) is 13.7. The zero-order valence-electron chi connectivity index (χ0n) is 11.3. The second-order valence-electron chi connectivity index (χ2n) is 4.73. The zero-order valence-corrected chi connectivity index (χ0v) is 11.3. The lowest BCUT2D eigenvalue weighted by atomic mass is 10.2. The number of carbonyl (C=O) groups is 2. The van der Waals surface area contributed by atoms with E-state index in [0.717, 1.165) is 6.42 Å². The number of amides is 2. The Balaban J connectivity index is 1.95. The molecule has 2 rings (SSSR count). The van der Waals surface area contributed by atoms with E-state index in [9.17, 15) is 9.59 Å². The monoisotopic (exact) mass is 266 g/mol. The van der Waals surface area contributed by atoms with Crippen molar-refractivity contribution < 1.29 is 14.1 Å². The van der Waals surface area contributed by atoms with Gasteiger partial charge >= 0.3 is 0 Å². The van der Waals surface area contributed by atoms with Crippen LogP contribution in [-0.2, 0) is 16.1 Å². The summed E-state index contributed by atoms with van der Waals surface area (Å²) in [7, 11) is 0. The van der Waals surface area contributed by atoms with Crippen LogP contribution in [0.5, 0.6) is 0 Å². The highest BCUT2D eigenvalue weighted by atomic mass is 16.5. The summed E-state index contributed by atoms with van der Waals surface area (Å²) in [6, 6.07) is -0.550. The zero-order chi connectivity index (χ0) is 14.0. The minimum Gasteiger partial charge on any atom is -0.338 e. The van der Waals surface area contributed by atoms with Crippen molar-refractivity contribution in [3.05, 3.63) is 11.7 Å². The van der Waals surface area contributed by atoms with Gasteiger partial charge in [-0.25, -0.2) is 0 Å². The van der Waals surface area contributed by atoms with Crippen molar-refractivity contribution in [3.8, 4) is 0 Å². The maximum atomic E-state index is 12.1. The predicted molar refractivity (Wildman–Crippen MR) is 65.9 cm³/mol. The number of nitrogens with one attached hydrogen (secondary N) is 1. The molecule has 1 saturated heterocycles. The van der Waals surface area contributed by atoms with Crippen LogP contribution in [0.3, 0.4) is 0 Å². The van der Waals surface area contributed by atoms with Gasteiger partial charge in [0.15, 0.2) is 5.82 Å². The third-order valence-electron chi connectivity index (χ3n) is 3.28. The molecule has 7 heteroatoms. The highest BCUT2D eigenvalue weighted by molar-refractivity contribution is 6.05. The van der Waals surface area contributed by atoms with Crippen molar-refractivity contribution in [2.75, 3.05) is 0 Å². The van der Waals surface area contributed by atoms with Crippen LogP contribution in [0.1, 0.15) is 38.4 Å². The molecule has 1 N–H and O–H groups in total. The molecule has 1 aromatic heterocycles. The molecule has 0 aliphatic carbocycles. The molecule has 104 valence electrons. The average Bonchev–Trinajstić information content (AvgIpc) is 2.90. The van der Waals surface area contributed by atoms with E-state index in [1.54, 1.807) is 6.92 Å². The van der Waals surface area contributed by atoms with Gasteiger partial charge in [0, 0.05) is 6.04 Å². The number of hydrogen-bond donors (Lipinski definition) is 1. The van der Waals surface area contributed by atoms with Crippen molar-refractivity contribution in [1.29, 1.82) is 0 Å². The fourth-order valence-corrected chi connectivity index (χ4v) is 2.08. The molecule has 2 heterocycles. The van der Waals surface area contributed by atoms with Gasteiger partial charge in [-0.05, 0) is 20.3 Å². The maximum Gasteiger partial charge on any atom is 0.247 e. The molecule has 2 amide bonds. The van der Waals surface area contributed by atoms with Crippen LogP contribution in [0.15, 0.2) is 4.52 Å². The SMILES string of the molecule is CCC(C)N1C(=O)CC(NCc2nc(C)no2)C1=O. The second kappa shape index (κ2) is 5.48. The number of carbonyl (C=O) groups excluding carboxylic acids is 2. The van der Waals surface area contributed by atoms with Crippen molar-refractivity contribution in [2.24, 2.45) is 0 Å². The summed E-state index contributed by atoms with van der Waals surface area (Å²) in [6.45, 7) is 5.84. The van der Waals surface area contributed by atoms with Crippen LogP contribution in [0.2, 0.25) is 0 Å². The van der Waals surface area contributed by atoms with Gasteiger partial charge in [-0.15, -0.1) is 0 Å². The Morgan fingerprint density at radius 2 is 2.26 bits per heavy atom. The smallest absolute Gasteiger partial charge is 0.247 e. The number of hydrogen-bond acceptors (Lipinski definition) is 6. The van der Waals surface area contributed by atoms with Gasteiger partial charge in [0.25, 0.3) is 0 Å².